The van der Waals surface area contributed by atoms with Gasteiger partial charge >= 0.3 is 0 Å². The van der Waals surface area contributed by atoms with Gasteiger partial charge in [0, 0.05) is 11.8 Å². The van der Waals surface area contributed by atoms with Crippen LogP contribution in [0, 0.1) is 14.9 Å². The SMILES string of the molecule is N#Cc1ccc(-c2nn(C(c3ccccc3)(c3ccccc3)c3ccccc3)cc2I)cc1. The molecule has 4 aromatic carbocycles. The highest BCUT2D eigenvalue weighted by atomic mass is 127. The number of rotatable bonds is 5. The lowest BCUT2D eigenvalue weighted by molar-refractivity contribution is 0.461. The first kappa shape index (κ1) is 21.2. The second kappa shape index (κ2) is 9.05. The highest BCUT2D eigenvalue weighted by Crippen LogP contribution is 2.41. The molecule has 1 aromatic heterocycles. The van der Waals surface area contributed by atoms with E-state index in [1.54, 1.807) is 0 Å². The highest BCUT2D eigenvalue weighted by molar-refractivity contribution is 14.1. The minimum atomic E-state index is -0.644. The largest absolute Gasteiger partial charge is 0.251 e. The van der Waals surface area contributed by atoms with Crippen LogP contribution in [0.5, 0.6) is 0 Å². The van der Waals surface area contributed by atoms with Gasteiger partial charge in [-0.3, -0.25) is 4.68 Å². The fraction of sp³-hybridized carbons (Fsp3) is 0.0345. The van der Waals surface area contributed by atoms with Gasteiger partial charge in [-0.05, 0) is 51.4 Å². The van der Waals surface area contributed by atoms with Crippen LogP contribution in [0.4, 0.5) is 0 Å². The fourth-order valence-electron chi connectivity index (χ4n) is 4.36. The summed E-state index contributed by atoms with van der Waals surface area (Å²) >= 11 is 2.35. The van der Waals surface area contributed by atoms with Crippen molar-refractivity contribution < 1.29 is 0 Å². The zero-order valence-electron chi connectivity index (χ0n) is 17.8. The van der Waals surface area contributed by atoms with Gasteiger partial charge in [-0.2, -0.15) is 10.4 Å². The molecule has 3 nitrogen and oxygen atoms in total. The van der Waals surface area contributed by atoms with Crippen LogP contribution < -0.4 is 0 Å². The summed E-state index contributed by atoms with van der Waals surface area (Å²) in [6, 6.07) is 41.3. The molecule has 0 spiro atoms. The molecule has 5 aromatic rings. The van der Waals surface area contributed by atoms with Crippen LogP contribution in [0.2, 0.25) is 0 Å². The predicted molar refractivity (Wildman–Crippen MR) is 140 cm³/mol. The van der Waals surface area contributed by atoms with Crippen molar-refractivity contribution in [3.05, 3.63) is 147 Å². The Balaban J connectivity index is 1.81. The Hall–Kier alpha value is -3.69. The van der Waals surface area contributed by atoms with Crippen molar-refractivity contribution in [2.75, 3.05) is 0 Å². The Kier molecular flexibility index (Phi) is 5.80. The molecule has 0 radical (unpaired) electrons. The lowest BCUT2D eigenvalue weighted by Gasteiger charge is -2.36. The molecule has 158 valence electrons. The molecule has 0 aliphatic carbocycles. The number of nitrogens with zero attached hydrogens (tertiary/aromatic N) is 3. The van der Waals surface area contributed by atoms with Gasteiger partial charge in [-0.15, -0.1) is 0 Å². The van der Waals surface area contributed by atoms with Gasteiger partial charge < -0.3 is 0 Å². The molecule has 0 aliphatic rings. The third-order valence-corrected chi connectivity index (χ3v) is 6.66. The topological polar surface area (TPSA) is 41.6 Å². The van der Waals surface area contributed by atoms with E-state index in [0.29, 0.717) is 5.56 Å². The molecule has 4 heteroatoms. The molecule has 0 unspecified atom stereocenters. The summed E-state index contributed by atoms with van der Waals surface area (Å²) in [4.78, 5) is 0. The Morgan fingerprint density at radius 2 is 1.12 bits per heavy atom. The third kappa shape index (κ3) is 3.75. The van der Waals surface area contributed by atoms with Gasteiger partial charge in [-0.1, -0.05) is 103 Å². The van der Waals surface area contributed by atoms with E-state index >= 15 is 0 Å². The summed E-state index contributed by atoms with van der Waals surface area (Å²) < 4.78 is 3.13. The third-order valence-electron chi connectivity index (χ3n) is 5.88. The van der Waals surface area contributed by atoms with E-state index in [2.05, 4.69) is 112 Å². The monoisotopic (exact) mass is 537 g/mol. The number of nitriles is 1. The van der Waals surface area contributed by atoms with Gasteiger partial charge in [0.05, 0.1) is 15.2 Å². The van der Waals surface area contributed by atoms with Crippen LogP contribution in [-0.4, -0.2) is 9.78 Å². The lowest BCUT2D eigenvalue weighted by atomic mass is 9.77. The zero-order valence-corrected chi connectivity index (χ0v) is 19.9. The summed E-state index contributed by atoms with van der Waals surface area (Å²) in [5.74, 6) is 0. The molecule has 0 aliphatic heterocycles. The summed E-state index contributed by atoms with van der Waals surface area (Å²) in [6.45, 7) is 0. The van der Waals surface area contributed by atoms with Gasteiger partial charge in [0.2, 0.25) is 0 Å². The molecular formula is C29H20IN3. The van der Waals surface area contributed by atoms with Crippen LogP contribution in [-0.2, 0) is 5.54 Å². The Labute approximate surface area is 207 Å². The first-order chi connectivity index (χ1) is 16.2. The van der Waals surface area contributed by atoms with Crippen molar-refractivity contribution in [1.82, 2.24) is 9.78 Å². The smallest absolute Gasteiger partial charge is 0.138 e. The highest BCUT2D eigenvalue weighted by Gasteiger charge is 2.39. The molecule has 0 atom stereocenters. The van der Waals surface area contributed by atoms with E-state index in [4.69, 9.17) is 5.10 Å². The van der Waals surface area contributed by atoms with E-state index in [-0.39, 0.29) is 0 Å². The van der Waals surface area contributed by atoms with Crippen molar-refractivity contribution >= 4 is 22.6 Å². The van der Waals surface area contributed by atoms with Crippen LogP contribution >= 0.6 is 22.6 Å². The van der Waals surface area contributed by atoms with E-state index in [1.807, 2.05) is 42.5 Å². The van der Waals surface area contributed by atoms with Gasteiger partial charge in [0.25, 0.3) is 0 Å². The minimum Gasteiger partial charge on any atom is -0.251 e. The van der Waals surface area contributed by atoms with Gasteiger partial charge in [0.15, 0.2) is 0 Å². The summed E-state index contributed by atoms with van der Waals surface area (Å²) in [5, 5.41) is 14.3. The zero-order chi connectivity index (χ0) is 22.7. The molecule has 0 saturated heterocycles. The van der Waals surface area contributed by atoms with Crippen molar-refractivity contribution in [2.24, 2.45) is 0 Å². The van der Waals surface area contributed by atoms with Crippen molar-refractivity contribution in [3.63, 3.8) is 0 Å². The van der Waals surface area contributed by atoms with E-state index < -0.39 is 5.54 Å². The Morgan fingerprint density at radius 1 is 0.667 bits per heavy atom. The van der Waals surface area contributed by atoms with Crippen molar-refractivity contribution in [2.45, 2.75) is 5.54 Å². The van der Waals surface area contributed by atoms with Crippen LogP contribution in [0.15, 0.2) is 121 Å². The van der Waals surface area contributed by atoms with Crippen LogP contribution in [0.1, 0.15) is 22.3 Å². The number of aromatic nitrogens is 2. The summed E-state index contributed by atoms with van der Waals surface area (Å²) in [6.07, 6.45) is 2.11. The van der Waals surface area contributed by atoms with Crippen LogP contribution in [0.25, 0.3) is 11.3 Å². The number of halogens is 1. The second-order valence-electron chi connectivity index (χ2n) is 7.77. The quantitative estimate of drug-likeness (QED) is 0.182. The van der Waals surface area contributed by atoms with E-state index in [0.717, 1.165) is 31.5 Å². The number of hydrogen-bond acceptors (Lipinski definition) is 2. The average Bonchev–Trinajstić information content (AvgIpc) is 3.28. The Morgan fingerprint density at radius 3 is 1.55 bits per heavy atom. The lowest BCUT2D eigenvalue weighted by Crippen LogP contribution is -2.38. The normalized spacial score (nSPS) is 11.2. The molecule has 0 bridgehead atoms. The molecule has 5 rings (SSSR count). The minimum absolute atomic E-state index is 0.639. The van der Waals surface area contributed by atoms with Gasteiger partial charge in [0.1, 0.15) is 11.2 Å². The van der Waals surface area contributed by atoms with Crippen molar-refractivity contribution in [3.8, 4) is 17.3 Å². The standard InChI is InChI=1S/C29H20IN3/c30-27-21-33(32-28(27)23-18-16-22(20-31)17-19-23)29(24-10-4-1-5-11-24,25-12-6-2-7-13-25)26-14-8-3-9-15-26/h1-19,21H. The molecule has 33 heavy (non-hydrogen) atoms. The molecule has 1 heterocycles. The number of benzene rings is 4. The predicted octanol–water partition coefficient (Wildman–Crippen LogP) is 6.87. The maximum atomic E-state index is 9.17. The fourth-order valence-corrected chi connectivity index (χ4v) is 5.04. The maximum Gasteiger partial charge on any atom is 0.138 e. The van der Waals surface area contributed by atoms with Gasteiger partial charge in [-0.25, -0.2) is 0 Å². The first-order valence-electron chi connectivity index (χ1n) is 10.7. The van der Waals surface area contributed by atoms with E-state index in [9.17, 15) is 5.26 Å². The summed E-state index contributed by atoms with van der Waals surface area (Å²) in [7, 11) is 0. The molecule has 0 fully saturated rings. The summed E-state index contributed by atoms with van der Waals surface area (Å²) in [5.41, 5.74) is 5.27. The van der Waals surface area contributed by atoms with Crippen molar-refractivity contribution in [1.29, 1.82) is 5.26 Å². The molecule has 0 amide bonds. The second-order valence-corrected chi connectivity index (χ2v) is 8.93. The molecule has 0 N–H and O–H groups in total. The molecule has 0 saturated carbocycles. The Bertz CT molecular complexity index is 1300. The van der Waals surface area contributed by atoms with Crippen LogP contribution in [0.3, 0.4) is 0 Å². The average molecular weight is 537 g/mol. The molecular weight excluding hydrogens is 517 g/mol. The first-order valence-corrected chi connectivity index (χ1v) is 11.7. The van der Waals surface area contributed by atoms with E-state index in [1.165, 1.54) is 0 Å². The maximum absolute atomic E-state index is 9.17. The number of hydrogen-bond donors (Lipinski definition) is 0.